The maximum Gasteiger partial charge on any atom is 0.0351 e. The van der Waals surface area contributed by atoms with Gasteiger partial charge in [0.2, 0.25) is 0 Å². The summed E-state index contributed by atoms with van der Waals surface area (Å²) in [5.41, 5.74) is 0. The van der Waals surface area contributed by atoms with Crippen LogP contribution in [0.5, 0.6) is 0 Å². The molecule has 0 fully saturated rings. The van der Waals surface area contributed by atoms with E-state index in [0.29, 0.717) is 0 Å². The monoisotopic (exact) mass is 199 g/mol. The molecule has 0 aliphatic rings. The highest BCUT2D eigenvalue weighted by Gasteiger charge is 1.98. The van der Waals surface area contributed by atoms with Crippen molar-refractivity contribution in [1.29, 1.82) is 0 Å². The molecule has 3 heteroatoms. The molecule has 0 aliphatic carbocycles. The number of nitrogens with zero attached hydrogens (tertiary/aromatic N) is 1. The number of hydrogen-bond donors (Lipinski definition) is 0. The predicted molar refractivity (Wildman–Crippen MR) is 55.0 cm³/mol. The van der Waals surface area contributed by atoms with Gasteiger partial charge in [0.1, 0.15) is 0 Å². The Morgan fingerprint density at radius 3 is 1.73 bits per heavy atom. The Labute approximate surface area is 81.5 Å². The van der Waals surface area contributed by atoms with E-state index in [1.54, 1.807) is 0 Å². The van der Waals surface area contributed by atoms with Crippen molar-refractivity contribution in [2.45, 2.75) is 26.7 Å². The van der Waals surface area contributed by atoms with Crippen molar-refractivity contribution in [1.82, 2.24) is 4.90 Å². The van der Waals surface area contributed by atoms with Crippen molar-refractivity contribution in [2.24, 2.45) is 0 Å². The van der Waals surface area contributed by atoms with Gasteiger partial charge in [-0.1, -0.05) is 13.8 Å². The minimum atomic E-state index is 0. The molecule has 0 aromatic heterocycles. The van der Waals surface area contributed by atoms with E-state index in [1.165, 1.54) is 25.9 Å². The summed E-state index contributed by atoms with van der Waals surface area (Å²) in [4.78, 5) is 2.41. The van der Waals surface area contributed by atoms with E-state index in [2.05, 4.69) is 18.7 Å². The van der Waals surface area contributed by atoms with E-state index in [1.807, 2.05) is 0 Å². The van der Waals surface area contributed by atoms with Crippen LogP contribution >= 0.6 is 24.0 Å². The molecule has 0 unspecified atom stereocenters. The SMILES string of the molecule is CCCN(CCC)CCCl.Cl. The van der Waals surface area contributed by atoms with Gasteiger partial charge < -0.3 is 4.90 Å². The molecule has 0 N–H and O–H groups in total. The summed E-state index contributed by atoms with van der Waals surface area (Å²) in [6, 6.07) is 0. The first kappa shape index (κ1) is 14.1. The molecule has 0 rings (SSSR count). The smallest absolute Gasteiger partial charge is 0.0351 e. The summed E-state index contributed by atoms with van der Waals surface area (Å²) in [7, 11) is 0. The van der Waals surface area contributed by atoms with Crippen molar-refractivity contribution in [3.05, 3.63) is 0 Å². The zero-order chi connectivity index (χ0) is 7.82. The largest absolute Gasteiger partial charge is 0.302 e. The van der Waals surface area contributed by atoms with Crippen molar-refractivity contribution in [3.8, 4) is 0 Å². The fraction of sp³-hybridized carbons (Fsp3) is 1.00. The Balaban J connectivity index is 0. The summed E-state index contributed by atoms with van der Waals surface area (Å²) in [6.07, 6.45) is 2.47. The van der Waals surface area contributed by atoms with E-state index >= 15 is 0 Å². The lowest BCUT2D eigenvalue weighted by molar-refractivity contribution is 0.291. The zero-order valence-corrected chi connectivity index (χ0v) is 9.05. The van der Waals surface area contributed by atoms with Crippen LogP contribution in [0.1, 0.15) is 26.7 Å². The molecule has 0 saturated heterocycles. The van der Waals surface area contributed by atoms with Crippen LogP contribution in [-0.2, 0) is 0 Å². The maximum atomic E-state index is 5.63. The minimum Gasteiger partial charge on any atom is -0.302 e. The number of rotatable bonds is 6. The highest BCUT2D eigenvalue weighted by Crippen LogP contribution is 1.93. The van der Waals surface area contributed by atoms with Gasteiger partial charge in [-0.25, -0.2) is 0 Å². The molecule has 1 nitrogen and oxygen atoms in total. The maximum absolute atomic E-state index is 5.63. The summed E-state index contributed by atoms with van der Waals surface area (Å²) in [5, 5.41) is 0. The van der Waals surface area contributed by atoms with Gasteiger partial charge in [0, 0.05) is 12.4 Å². The molecule has 0 aliphatic heterocycles. The minimum absolute atomic E-state index is 0. The van der Waals surface area contributed by atoms with Gasteiger partial charge in [0.15, 0.2) is 0 Å². The van der Waals surface area contributed by atoms with Gasteiger partial charge in [-0.3, -0.25) is 0 Å². The average molecular weight is 200 g/mol. The average Bonchev–Trinajstić information content (AvgIpc) is 1.90. The molecular formula is C8H19Cl2N. The molecule has 11 heavy (non-hydrogen) atoms. The van der Waals surface area contributed by atoms with Gasteiger partial charge >= 0.3 is 0 Å². The van der Waals surface area contributed by atoms with Crippen molar-refractivity contribution in [2.75, 3.05) is 25.5 Å². The van der Waals surface area contributed by atoms with E-state index < -0.39 is 0 Å². The topological polar surface area (TPSA) is 3.24 Å². The Morgan fingerprint density at radius 1 is 1.00 bits per heavy atom. The lowest BCUT2D eigenvalue weighted by Gasteiger charge is -2.18. The molecule has 0 radical (unpaired) electrons. The Morgan fingerprint density at radius 2 is 1.45 bits per heavy atom. The van der Waals surface area contributed by atoms with E-state index in [-0.39, 0.29) is 12.4 Å². The first-order chi connectivity index (χ1) is 4.85. The summed E-state index contributed by atoms with van der Waals surface area (Å²) >= 11 is 5.63. The van der Waals surface area contributed by atoms with Gasteiger partial charge in [0.25, 0.3) is 0 Å². The summed E-state index contributed by atoms with van der Waals surface area (Å²) in [6.45, 7) is 7.85. The second kappa shape index (κ2) is 10.5. The van der Waals surface area contributed by atoms with Crippen LogP contribution in [0.2, 0.25) is 0 Å². The molecule has 0 amide bonds. The van der Waals surface area contributed by atoms with E-state index in [0.717, 1.165) is 12.4 Å². The normalized spacial score (nSPS) is 9.82. The van der Waals surface area contributed by atoms with Gasteiger partial charge in [0.05, 0.1) is 0 Å². The van der Waals surface area contributed by atoms with Gasteiger partial charge in [-0.2, -0.15) is 0 Å². The molecule has 0 saturated carbocycles. The van der Waals surface area contributed by atoms with Crippen LogP contribution < -0.4 is 0 Å². The van der Waals surface area contributed by atoms with Crippen molar-refractivity contribution < 1.29 is 0 Å². The highest BCUT2D eigenvalue weighted by atomic mass is 35.5. The quantitative estimate of drug-likeness (QED) is 0.596. The zero-order valence-electron chi connectivity index (χ0n) is 7.48. The first-order valence-electron chi connectivity index (χ1n) is 4.13. The number of alkyl halides is 1. The molecule has 0 heterocycles. The molecule has 0 aromatic rings. The van der Waals surface area contributed by atoms with Gasteiger partial charge in [-0.05, 0) is 25.9 Å². The fourth-order valence-electron chi connectivity index (χ4n) is 1.09. The Kier molecular flexibility index (Phi) is 13.5. The molecule has 0 atom stereocenters. The standard InChI is InChI=1S/C8H18ClN.ClH/c1-3-6-10(7-4-2)8-5-9;/h3-8H2,1-2H3;1H. The third-order valence-corrected chi connectivity index (χ3v) is 1.65. The molecule has 0 aromatic carbocycles. The lowest BCUT2D eigenvalue weighted by Crippen LogP contribution is -2.27. The first-order valence-corrected chi connectivity index (χ1v) is 4.66. The van der Waals surface area contributed by atoms with Crippen LogP contribution in [-0.4, -0.2) is 30.4 Å². The molecular weight excluding hydrogens is 181 g/mol. The third-order valence-electron chi connectivity index (χ3n) is 1.48. The van der Waals surface area contributed by atoms with Gasteiger partial charge in [-0.15, -0.1) is 24.0 Å². The second-order valence-corrected chi connectivity index (χ2v) is 2.91. The van der Waals surface area contributed by atoms with Crippen LogP contribution in [0.4, 0.5) is 0 Å². The molecule has 70 valence electrons. The predicted octanol–water partition coefficient (Wildman–Crippen LogP) is 2.77. The highest BCUT2D eigenvalue weighted by molar-refractivity contribution is 6.18. The fourth-order valence-corrected chi connectivity index (χ4v) is 1.33. The van der Waals surface area contributed by atoms with E-state index in [4.69, 9.17) is 11.6 Å². The van der Waals surface area contributed by atoms with Crippen LogP contribution in [0.15, 0.2) is 0 Å². The van der Waals surface area contributed by atoms with E-state index in [9.17, 15) is 0 Å². The number of halogens is 2. The lowest BCUT2D eigenvalue weighted by atomic mass is 10.3. The van der Waals surface area contributed by atoms with Crippen molar-refractivity contribution in [3.63, 3.8) is 0 Å². The summed E-state index contributed by atoms with van der Waals surface area (Å²) < 4.78 is 0. The molecule has 0 spiro atoms. The van der Waals surface area contributed by atoms with Crippen LogP contribution in [0.3, 0.4) is 0 Å². The summed E-state index contributed by atoms with van der Waals surface area (Å²) in [5.74, 6) is 0.764. The third kappa shape index (κ3) is 8.45. The second-order valence-electron chi connectivity index (χ2n) is 2.53. The Hall–Kier alpha value is 0.540. The molecule has 0 bridgehead atoms. The van der Waals surface area contributed by atoms with Crippen molar-refractivity contribution >= 4 is 24.0 Å². The number of hydrogen-bond acceptors (Lipinski definition) is 1. The van der Waals surface area contributed by atoms with Crippen LogP contribution in [0, 0.1) is 0 Å². The Bertz CT molecular complexity index is 54.8. The van der Waals surface area contributed by atoms with Crippen LogP contribution in [0.25, 0.3) is 0 Å².